The van der Waals surface area contributed by atoms with Crippen LogP contribution in [0, 0.1) is 11.6 Å². The molecule has 0 saturated carbocycles. The second-order valence-electron chi connectivity index (χ2n) is 13.0. The highest BCUT2D eigenvalue weighted by Crippen LogP contribution is 2.40. The van der Waals surface area contributed by atoms with Crippen molar-refractivity contribution in [1.29, 1.82) is 0 Å². The highest BCUT2D eigenvalue weighted by atomic mass is 32.2. The Morgan fingerprint density at radius 1 is 0.561 bits per heavy atom. The first-order valence-electron chi connectivity index (χ1n) is 17.5. The van der Waals surface area contributed by atoms with Crippen LogP contribution in [-0.2, 0) is 29.5 Å². The molecule has 0 fully saturated rings. The molecule has 0 saturated heterocycles. The summed E-state index contributed by atoms with van der Waals surface area (Å²) in [6.07, 6.45) is 0. The zero-order valence-corrected chi connectivity index (χ0v) is 32.6. The third-order valence-electron chi connectivity index (χ3n) is 9.66. The molecule has 6 aromatic carbocycles. The number of likely N-dealkylation sites (N-methyl/N-ethyl adjacent to an activating group) is 2. The van der Waals surface area contributed by atoms with E-state index in [0.29, 0.717) is 11.1 Å². The summed E-state index contributed by atoms with van der Waals surface area (Å²) in [5, 5.41) is 3.61. The molecular formula is C43H34F2N2O8S2. The smallest absolute Gasteiger partial charge is 0.265 e. The summed E-state index contributed by atoms with van der Waals surface area (Å²) in [6.45, 7) is 1.90. The third-order valence-corrected chi connectivity index (χ3v) is 13.3. The summed E-state index contributed by atoms with van der Waals surface area (Å²) in [5.74, 6) is -2.20. The van der Waals surface area contributed by atoms with E-state index >= 15 is 0 Å². The van der Waals surface area contributed by atoms with Gasteiger partial charge in [0, 0.05) is 36.3 Å². The Morgan fingerprint density at radius 3 is 1.39 bits per heavy atom. The normalized spacial score (nSPS) is 15.4. The fourth-order valence-corrected chi connectivity index (χ4v) is 9.55. The molecule has 57 heavy (non-hydrogen) atoms. The molecule has 2 heterocycles. The monoisotopic (exact) mass is 808 g/mol. The molecule has 0 aliphatic carbocycles. The summed E-state index contributed by atoms with van der Waals surface area (Å²) in [7, 11) is -4.13. The minimum absolute atomic E-state index is 0.0185. The van der Waals surface area contributed by atoms with Crippen LogP contribution in [0.5, 0.6) is 0 Å². The molecule has 8 rings (SSSR count). The van der Waals surface area contributed by atoms with Crippen LogP contribution in [0.2, 0.25) is 0 Å². The summed E-state index contributed by atoms with van der Waals surface area (Å²) < 4.78 is 92.3. The molecule has 0 amide bonds. The zero-order valence-electron chi connectivity index (χ0n) is 31.0. The van der Waals surface area contributed by atoms with Crippen molar-refractivity contribution in [3.63, 3.8) is 0 Å². The number of hydrogen-bond acceptors (Lipinski definition) is 8. The van der Waals surface area contributed by atoms with Crippen LogP contribution in [0.25, 0.3) is 33.1 Å². The highest BCUT2D eigenvalue weighted by molar-refractivity contribution is 7.89. The molecule has 2 aliphatic rings. The Morgan fingerprint density at radius 2 is 0.965 bits per heavy atom. The molecule has 0 atom stereocenters. The van der Waals surface area contributed by atoms with Crippen molar-refractivity contribution in [2.75, 3.05) is 27.8 Å². The molecule has 0 radical (unpaired) electrons. The standard InChI is InChI=1S/C22H18FNO4S.C21H16FNO4S/c1-3-28-22-18-13-17(23)10-11-19(18)29(26,27)24(2)20(22)21(25)16-9-8-14-6-4-5-7-15(14)12-16;1-23-19(20(24)15-8-7-13-5-3-4-6-14(13)11-15)21(27-2)17-12-16(22)9-10-18(17)28(23,25)26/h4-13H,3H2,1-2H3;3-12H,1-2H3. The van der Waals surface area contributed by atoms with E-state index in [2.05, 4.69) is 0 Å². The number of Topliss-reactive ketones (excluding diaryl/α,β-unsaturated/α-hetero) is 2. The lowest BCUT2D eigenvalue weighted by Crippen LogP contribution is -2.35. The number of hydrogen-bond donors (Lipinski definition) is 0. The lowest BCUT2D eigenvalue weighted by molar-refractivity contribution is 0.100. The average Bonchev–Trinajstić information content (AvgIpc) is 3.20. The van der Waals surface area contributed by atoms with Crippen molar-refractivity contribution in [3.8, 4) is 0 Å². The number of carbonyl (C=O) groups excluding carboxylic acids is 2. The first kappa shape index (κ1) is 38.9. The van der Waals surface area contributed by atoms with E-state index in [-0.39, 0.29) is 50.4 Å². The SMILES string of the molecule is CCOC1=C(C(=O)c2ccc3ccccc3c2)N(C)S(=O)(=O)c2ccc(F)cc21.COC1=C(C(=O)c2ccc3ccccc3c2)N(C)S(=O)(=O)c2ccc(F)cc21. The number of nitrogens with zero attached hydrogens (tertiary/aromatic N) is 2. The number of ketones is 2. The van der Waals surface area contributed by atoms with E-state index in [4.69, 9.17) is 9.47 Å². The van der Waals surface area contributed by atoms with Crippen LogP contribution in [0.4, 0.5) is 8.78 Å². The van der Waals surface area contributed by atoms with Gasteiger partial charge in [-0.3, -0.25) is 18.2 Å². The van der Waals surface area contributed by atoms with Gasteiger partial charge in [-0.2, -0.15) is 0 Å². The maximum Gasteiger partial charge on any atom is 0.265 e. The van der Waals surface area contributed by atoms with Crippen molar-refractivity contribution in [1.82, 2.24) is 8.61 Å². The van der Waals surface area contributed by atoms with Crippen molar-refractivity contribution >= 4 is 64.7 Å². The lowest BCUT2D eigenvalue weighted by atomic mass is 10.0. The quantitative estimate of drug-likeness (QED) is 0.149. The number of fused-ring (bicyclic) bond motifs is 4. The molecular weight excluding hydrogens is 775 g/mol. The minimum atomic E-state index is -4.03. The van der Waals surface area contributed by atoms with Crippen LogP contribution in [0.15, 0.2) is 143 Å². The van der Waals surface area contributed by atoms with E-state index in [1.165, 1.54) is 33.3 Å². The maximum absolute atomic E-state index is 13.9. The number of carbonyl (C=O) groups is 2. The molecule has 0 N–H and O–H groups in total. The number of rotatable bonds is 7. The summed E-state index contributed by atoms with van der Waals surface area (Å²) in [6, 6.07) is 32.0. The maximum atomic E-state index is 13.9. The van der Waals surface area contributed by atoms with E-state index in [1.807, 2.05) is 48.5 Å². The van der Waals surface area contributed by atoms with Gasteiger partial charge in [0.1, 0.15) is 23.0 Å². The van der Waals surface area contributed by atoms with Crippen molar-refractivity contribution in [2.45, 2.75) is 16.7 Å². The predicted molar refractivity (Wildman–Crippen MR) is 212 cm³/mol. The number of benzene rings is 6. The Kier molecular flexibility index (Phi) is 10.2. The first-order valence-corrected chi connectivity index (χ1v) is 20.4. The molecule has 2 aliphatic heterocycles. The number of allylic oxidation sites excluding steroid dienone is 2. The largest absolute Gasteiger partial charge is 0.494 e. The fraction of sp³-hybridized carbons (Fsp3) is 0.116. The molecule has 290 valence electrons. The van der Waals surface area contributed by atoms with Crippen molar-refractivity contribution in [2.24, 2.45) is 0 Å². The van der Waals surface area contributed by atoms with Crippen molar-refractivity contribution < 1.29 is 44.7 Å². The number of sulfonamides is 2. The molecule has 0 bridgehead atoms. The summed E-state index contributed by atoms with van der Waals surface area (Å²) >= 11 is 0. The average molecular weight is 809 g/mol. The van der Waals surface area contributed by atoms with Crippen LogP contribution in [0.1, 0.15) is 38.8 Å². The molecule has 10 nitrogen and oxygen atoms in total. The lowest BCUT2D eigenvalue weighted by Gasteiger charge is -2.30. The van der Waals surface area contributed by atoms with E-state index in [1.54, 1.807) is 43.3 Å². The van der Waals surface area contributed by atoms with Gasteiger partial charge in [-0.15, -0.1) is 0 Å². The van der Waals surface area contributed by atoms with Crippen LogP contribution < -0.4 is 0 Å². The summed E-state index contributed by atoms with van der Waals surface area (Å²) in [4.78, 5) is 26.4. The Balaban J connectivity index is 0.000000174. The molecule has 0 aromatic heterocycles. The van der Waals surface area contributed by atoms with E-state index in [9.17, 15) is 35.2 Å². The topological polar surface area (TPSA) is 127 Å². The van der Waals surface area contributed by atoms with Gasteiger partial charge in [-0.1, -0.05) is 72.8 Å². The van der Waals surface area contributed by atoms with E-state index in [0.717, 1.165) is 54.4 Å². The second kappa shape index (κ2) is 14.9. The van der Waals surface area contributed by atoms with Gasteiger partial charge >= 0.3 is 0 Å². The zero-order chi connectivity index (χ0) is 40.8. The van der Waals surface area contributed by atoms with Gasteiger partial charge in [-0.05, 0) is 77.0 Å². The number of halogens is 2. The molecule has 14 heteroatoms. The minimum Gasteiger partial charge on any atom is -0.494 e. The highest BCUT2D eigenvalue weighted by Gasteiger charge is 2.40. The van der Waals surface area contributed by atoms with Crippen LogP contribution in [0.3, 0.4) is 0 Å². The van der Waals surface area contributed by atoms with Gasteiger partial charge in [0.2, 0.25) is 11.6 Å². The van der Waals surface area contributed by atoms with Crippen molar-refractivity contribution in [3.05, 3.63) is 167 Å². The third kappa shape index (κ3) is 6.80. The van der Waals surface area contributed by atoms with Gasteiger partial charge in [-0.25, -0.2) is 25.6 Å². The second-order valence-corrected chi connectivity index (χ2v) is 16.9. The van der Waals surface area contributed by atoms with Crippen LogP contribution >= 0.6 is 0 Å². The van der Waals surface area contributed by atoms with E-state index < -0.39 is 43.2 Å². The number of ether oxygens (including phenoxy) is 2. The van der Waals surface area contributed by atoms with Gasteiger partial charge in [0.25, 0.3) is 20.0 Å². The first-order chi connectivity index (χ1) is 27.2. The van der Waals surface area contributed by atoms with Gasteiger partial charge < -0.3 is 9.47 Å². The molecule has 0 unspecified atom stereocenters. The Hall–Kier alpha value is -6.38. The number of methoxy groups -OCH3 is 1. The predicted octanol–water partition coefficient (Wildman–Crippen LogP) is 8.01. The summed E-state index contributed by atoms with van der Waals surface area (Å²) in [5.41, 5.74) is 0.415. The van der Waals surface area contributed by atoms with Crippen LogP contribution in [-0.4, -0.2) is 64.8 Å². The molecule has 0 spiro atoms. The molecule has 6 aromatic rings. The Labute approximate surface area is 328 Å². The van der Waals surface area contributed by atoms with Gasteiger partial charge in [0.15, 0.2) is 11.5 Å². The fourth-order valence-electron chi connectivity index (χ4n) is 6.81. The van der Waals surface area contributed by atoms with Gasteiger partial charge in [0.05, 0.1) is 23.5 Å². The Bertz CT molecular complexity index is 2940.